The Labute approximate surface area is 149 Å². The maximum absolute atomic E-state index is 11.9. The summed E-state index contributed by atoms with van der Waals surface area (Å²) in [5.74, 6) is 0.587. The SMILES string of the molecule is CC(Oc1ccc(-c2ccccc2)cc1)C(=O)NCCCCN.Cl. The van der Waals surface area contributed by atoms with Crippen LogP contribution in [0.25, 0.3) is 11.1 Å². The molecule has 1 unspecified atom stereocenters. The number of hydrogen-bond acceptors (Lipinski definition) is 3. The molecule has 0 fully saturated rings. The van der Waals surface area contributed by atoms with Crippen LogP contribution < -0.4 is 15.8 Å². The molecule has 0 aromatic heterocycles. The molecule has 0 aliphatic rings. The number of carbonyl (C=O) groups excluding carboxylic acids is 1. The van der Waals surface area contributed by atoms with Crippen LogP contribution in [0.5, 0.6) is 5.75 Å². The molecule has 4 nitrogen and oxygen atoms in total. The van der Waals surface area contributed by atoms with Crippen LogP contribution in [0.2, 0.25) is 0 Å². The van der Waals surface area contributed by atoms with E-state index in [2.05, 4.69) is 17.4 Å². The lowest BCUT2D eigenvalue weighted by molar-refractivity contribution is -0.127. The highest BCUT2D eigenvalue weighted by atomic mass is 35.5. The maximum Gasteiger partial charge on any atom is 0.260 e. The molecule has 0 saturated heterocycles. The number of amides is 1. The number of ether oxygens (including phenoxy) is 1. The van der Waals surface area contributed by atoms with Crippen molar-refractivity contribution in [2.45, 2.75) is 25.9 Å². The Hall–Kier alpha value is -2.04. The van der Waals surface area contributed by atoms with Crippen molar-refractivity contribution < 1.29 is 9.53 Å². The number of hydrogen-bond donors (Lipinski definition) is 2. The van der Waals surface area contributed by atoms with Gasteiger partial charge in [0.15, 0.2) is 6.10 Å². The van der Waals surface area contributed by atoms with Gasteiger partial charge in [0.05, 0.1) is 0 Å². The van der Waals surface area contributed by atoms with Gasteiger partial charge in [-0.15, -0.1) is 12.4 Å². The van der Waals surface area contributed by atoms with Gasteiger partial charge in [-0.2, -0.15) is 0 Å². The molecule has 2 aromatic carbocycles. The highest BCUT2D eigenvalue weighted by Gasteiger charge is 2.13. The van der Waals surface area contributed by atoms with Gasteiger partial charge in [0.2, 0.25) is 0 Å². The first kappa shape index (κ1) is 20.0. The Kier molecular flexibility index (Phi) is 8.90. The van der Waals surface area contributed by atoms with Crippen molar-refractivity contribution in [1.29, 1.82) is 0 Å². The fraction of sp³-hybridized carbons (Fsp3) is 0.316. The molecular weight excluding hydrogens is 324 g/mol. The van der Waals surface area contributed by atoms with E-state index >= 15 is 0 Å². The molecular formula is C19H25ClN2O2. The summed E-state index contributed by atoms with van der Waals surface area (Å²) >= 11 is 0. The maximum atomic E-state index is 11.9. The van der Waals surface area contributed by atoms with Gasteiger partial charge < -0.3 is 15.8 Å². The predicted molar refractivity (Wildman–Crippen MR) is 101 cm³/mol. The number of nitrogens with one attached hydrogen (secondary N) is 1. The Morgan fingerprint density at radius 1 is 1.04 bits per heavy atom. The van der Waals surface area contributed by atoms with Gasteiger partial charge in [-0.1, -0.05) is 42.5 Å². The minimum Gasteiger partial charge on any atom is -0.481 e. The molecule has 0 spiro atoms. The molecule has 0 bridgehead atoms. The van der Waals surface area contributed by atoms with Gasteiger partial charge >= 0.3 is 0 Å². The quantitative estimate of drug-likeness (QED) is 0.719. The van der Waals surface area contributed by atoms with Crippen molar-refractivity contribution >= 4 is 18.3 Å². The Bertz CT molecular complexity index is 603. The predicted octanol–water partition coefficient (Wildman–Crippen LogP) is 3.40. The summed E-state index contributed by atoms with van der Waals surface area (Å²) in [5, 5.41) is 2.86. The Morgan fingerprint density at radius 3 is 2.29 bits per heavy atom. The van der Waals surface area contributed by atoms with Crippen molar-refractivity contribution in [1.82, 2.24) is 5.32 Å². The Morgan fingerprint density at radius 2 is 1.67 bits per heavy atom. The average Bonchev–Trinajstić information content (AvgIpc) is 2.60. The molecule has 1 amide bonds. The van der Waals surface area contributed by atoms with Crippen molar-refractivity contribution in [3.8, 4) is 16.9 Å². The second-order valence-electron chi connectivity index (χ2n) is 5.44. The number of benzene rings is 2. The summed E-state index contributed by atoms with van der Waals surface area (Å²) in [5.41, 5.74) is 7.70. The topological polar surface area (TPSA) is 64.3 Å². The van der Waals surface area contributed by atoms with Gasteiger partial charge in [0, 0.05) is 6.54 Å². The molecule has 0 heterocycles. The van der Waals surface area contributed by atoms with E-state index in [-0.39, 0.29) is 18.3 Å². The zero-order valence-corrected chi connectivity index (χ0v) is 14.7. The van der Waals surface area contributed by atoms with E-state index in [4.69, 9.17) is 10.5 Å². The molecule has 5 heteroatoms. The monoisotopic (exact) mass is 348 g/mol. The first-order valence-corrected chi connectivity index (χ1v) is 8.00. The second-order valence-corrected chi connectivity index (χ2v) is 5.44. The molecule has 1 atom stereocenters. The van der Waals surface area contributed by atoms with Gasteiger partial charge in [0.1, 0.15) is 5.75 Å². The highest BCUT2D eigenvalue weighted by Crippen LogP contribution is 2.22. The minimum atomic E-state index is -0.518. The number of rotatable bonds is 8. The van der Waals surface area contributed by atoms with E-state index in [1.807, 2.05) is 42.5 Å². The van der Waals surface area contributed by atoms with Gasteiger partial charge in [0.25, 0.3) is 5.91 Å². The summed E-state index contributed by atoms with van der Waals surface area (Å²) in [6, 6.07) is 17.9. The summed E-state index contributed by atoms with van der Waals surface area (Å²) < 4.78 is 5.69. The van der Waals surface area contributed by atoms with Crippen LogP contribution in [0.4, 0.5) is 0 Å². The van der Waals surface area contributed by atoms with Crippen LogP contribution in [0.3, 0.4) is 0 Å². The summed E-state index contributed by atoms with van der Waals surface area (Å²) in [6.07, 6.45) is 1.28. The summed E-state index contributed by atoms with van der Waals surface area (Å²) in [6.45, 7) is 3.04. The van der Waals surface area contributed by atoms with Crippen molar-refractivity contribution in [3.05, 3.63) is 54.6 Å². The first-order valence-electron chi connectivity index (χ1n) is 8.00. The lowest BCUT2D eigenvalue weighted by Gasteiger charge is -2.15. The van der Waals surface area contributed by atoms with Gasteiger partial charge in [-0.25, -0.2) is 0 Å². The third kappa shape index (κ3) is 6.22. The first-order chi connectivity index (χ1) is 11.2. The van der Waals surface area contributed by atoms with Gasteiger partial charge in [-0.3, -0.25) is 4.79 Å². The molecule has 0 saturated carbocycles. The highest BCUT2D eigenvalue weighted by molar-refractivity contribution is 5.85. The number of nitrogens with two attached hydrogens (primary N) is 1. The lowest BCUT2D eigenvalue weighted by Crippen LogP contribution is -2.36. The molecule has 130 valence electrons. The molecule has 3 N–H and O–H groups in total. The van der Waals surface area contributed by atoms with Crippen LogP contribution in [-0.2, 0) is 4.79 Å². The van der Waals surface area contributed by atoms with Gasteiger partial charge in [-0.05, 0) is 49.6 Å². The third-order valence-corrected chi connectivity index (χ3v) is 3.57. The average molecular weight is 349 g/mol. The molecule has 2 rings (SSSR count). The van der Waals surface area contributed by atoms with Crippen LogP contribution in [0, 0.1) is 0 Å². The lowest BCUT2D eigenvalue weighted by atomic mass is 10.1. The van der Waals surface area contributed by atoms with E-state index in [0.29, 0.717) is 18.8 Å². The fourth-order valence-corrected chi connectivity index (χ4v) is 2.24. The smallest absolute Gasteiger partial charge is 0.260 e. The fourth-order valence-electron chi connectivity index (χ4n) is 2.24. The van der Waals surface area contributed by atoms with Crippen LogP contribution >= 0.6 is 12.4 Å². The third-order valence-electron chi connectivity index (χ3n) is 3.57. The molecule has 0 radical (unpaired) electrons. The van der Waals surface area contributed by atoms with Crippen molar-refractivity contribution in [2.24, 2.45) is 5.73 Å². The van der Waals surface area contributed by atoms with E-state index in [1.165, 1.54) is 0 Å². The van der Waals surface area contributed by atoms with E-state index in [1.54, 1.807) is 6.92 Å². The largest absolute Gasteiger partial charge is 0.481 e. The molecule has 0 aliphatic carbocycles. The number of unbranched alkanes of at least 4 members (excludes halogenated alkanes) is 1. The Balaban J connectivity index is 0.00000288. The molecule has 2 aromatic rings. The van der Waals surface area contributed by atoms with Crippen molar-refractivity contribution in [3.63, 3.8) is 0 Å². The molecule has 0 aliphatic heterocycles. The van der Waals surface area contributed by atoms with Crippen LogP contribution in [-0.4, -0.2) is 25.1 Å². The van der Waals surface area contributed by atoms with Crippen LogP contribution in [0.15, 0.2) is 54.6 Å². The number of halogens is 1. The van der Waals surface area contributed by atoms with Crippen LogP contribution in [0.1, 0.15) is 19.8 Å². The van der Waals surface area contributed by atoms with E-state index in [9.17, 15) is 4.79 Å². The zero-order valence-electron chi connectivity index (χ0n) is 13.9. The van der Waals surface area contributed by atoms with Crippen molar-refractivity contribution in [2.75, 3.05) is 13.1 Å². The minimum absolute atomic E-state index is 0. The van der Waals surface area contributed by atoms with E-state index in [0.717, 1.165) is 24.0 Å². The van der Waals surface area contributed by atoms with E-state index < -0.39 is 6.10 Å². The normalized spacial score (nSPS) is 11.2. The molecule has 24 heavy (non-hydrogen) atoms. The second kappa shape index (κ2) is 10.7. The number of carbonyl (C=O) groups is 1. The summed E-state index contributed by atoms with van der Waals surface area (Å²) in [7, 11) is 0. The summed E-state index contributed by atoms with van der Waals surface area (Å²) in [4.78, 5) is 11.9. The zero-order chi connectivity index (χ0) is 16.5. The standard InChI is InChI=1S/C19H24N2O2.ClH/c1-15(19(22)21-14-6-5-13-20)23-18-11-9-17(10-12-18)16-7-3-2-4-8-16;/h2-4,7-12,15H,5-6,13-14,20H2,1H3,(H,21,22);1H.